The van der Waals surface area contributed by atoms with Crippen molar-refractivity contribution < 1.29 is 27.0 Å². The second-order valence-electron chi connectivity index (χ2n) is 8.96. The molecule has 2 saturated heterocycles. The van der Waals surface area contributed by atoms with Crippen molar-refractivity contribution in [3.63, 3.8) is 0 Å². The quantitative estimate of drug-likeness (QED) is 0.629. The Morgan fingerprint density at radius 3 is 2.56 bits per heavy atom. The van der Waals surface area contributed by atoms with Gasteiger partial charge in [0.25, 0.3) is 5.92 Å². The lowest BCUT2D eigenvalue weighted by Gasteiger charge is -2.44. The first kappa shape index (κ1) is 23.0. The minimum atomic E-state index is -3.06. The van der Waals surface area contributed by atoms with Gasteiger partial charge < -0.3 is 20.1 Å². The molecule has 0 spiro atoms. The highest BCUT2D eigenvalue weighted by Gasteiger charge is 2.40. The van der Waals surface area contributed by atoms with Gasteiger partial charge in [0.05, 0.1) is 25.5 Å². The standard InChI is InChI=1S/C22H26F4N6O2/c23-20(24)34-18-9-14(11-28-19(18)27)17-10-16(13-7-15(8-13)31-3-5-33-6-4-31)29-21(30-17)32-2-1-22(25,26)12-32/h9-11,13,15,20H,1-8,12H2,(H2,27,28)/t13-,15-. The fourth-order valence-corrected chi connectivity index (χ4v) is 4.71. The molecule has 0 radical (unpaired) electrons. The van der Waals surface area contributed by atoms with Crippen LogP contribution in [0.5, 0.6) is 5.75 Å². The zero-order valence-electron chi connectivity index (χ0n) is 18.5. The summed E-state index contributed by atoms with van der Waals surface area (Å²) < 4.78 is 63.2. The number of aromatic nitrogens is 3. The Morgan fingerprint density at radius 1 is 1.12 bits per heavy atom. The summed E-state index contributed by atoms with van der Waals surface area (Å²) in [5, 5.41) is 0. The molecule has 1 aliphatic carbocycles. The number of morpholine rings is 1. The molecule has 34 heavy (non-hydrogen) atoms. The minimum absolute atomic E-state index is 0.136. The topological polar surface area (TPSA) is 89.6 Å². The zero-order valence-corrected chi connectivity index (χ0v) is 18.5. The van der Waals surface area contributed by atoms with Gasteiger partial charge in [0.1, 0.15) is 0 Å². The molecule has 0 amide bonds. The number of hydrogen-bond acceptors (Lipinski definition) is 8. The van der Waals surface area contributed by atoms with Gasteiger partial charge in [-0.3, -0.25) is 4.90 Å². The average Bonchev–Trinajstić information content (AvgIpc) is 3.14. The second kappa shape index (κ2) is 9.14. The molecule has 184 valence electrons. The molecule has 12 heteroatoms. The van der Waals surface area contributed by atoms with Crippen LogP contribution >= 0.6 is 0 Å². The highest BCUT2D eigenvalue weighted by molar-refractivity contribution is 5.65. The first-order chi connectivity index (χ1) is 16.3. The number of halogens is 4. The Bertz CT molecular complexity index is 1030. The van der Waals surface area contributed by atoms with Crippen LogP contribution in [0.2, 0.25) is 0 Å². The van der Waals surface area contributed by atoms with E-state index >= 15 is 0 Å². The Morgan fingerprint density at radius 2 is 1.88 bits per heavy atom. The number of pyridine rings is 1. The molecule has 1 saturated carbocycles. The molecule has 2 N–H and O–H groups in total. The molecule has 3 fully saturated rings. The Balaban J connectivity index is 1.44. The van der Waals surface area contributed by atoms with Crippen molar-refractivity contribution in [1.29, 1.82) is 0 Å². The third-order valence-electron chi connectivity index (χ3n) is 6.67. The van der Waals surface area contributed by atoms with Crippen molar-refractivity contribution in [3.05, 3.63) is 24.0 Å². The van der Waals surface area contributed by atoms with Crippen LogP contribution in [-0.4, -0.2) is 77.8 Å². The molecular weight excluding hydrogens is 456 g/mol. The highest BCUT2D eigenvalue weighted by atomic mass is 19.3. The van der Waals surface area contributed by atoms with E-state index in [1.54, 1.807) is 6.07 Å². The van der Waals surface area contributed by atoms with Gasteiger partial charge in [-0.05, 0) is 25.0 Å². The number of rotatable bonds is 6. The maximum Gasteiger partial charge on any atom is 0.387 e. The third-order valence-corrected chi connectivity index (χ3v) is 6.67. The molecule has 0 atom stereocenters. The molecule has 2 aromatic rings. The van der Waals surface area contributed by atoms with Gasteiger partial charge in [0.15, 0.2) is 11.6 Å². The number of alkyl halides is 4. The number of nitrogens with two attached hydrogens (primary N) is 1. The number of ether oxygens (including phenoxy) is 2. The summed E-state index contributed by atoms with van der Waals surface area (Å²) in [5.41, 5.74) is 7.20. The van der Waals surface area contributed by atoms with Crippen LogP contribution in [0.15, 0.2) is 18.3 Å². The van der Waals surface area contributed by atoms with Crippen LogP contribution in [0.1, 0.15) is 30.9 Å². The number of hydrogen-bond donors (Lipinski definition) is 1. The summed E-state index contributed by atoms with van der Waals surface area (Å²) >= 11 is 0. The van der Waals surface area contributed by atoms with Gasteiger partial charge in [-0.1, -0.05) is 0 Å². The van der Waals surface area contributed by atoms with Crippen LogP contribution < -0.4 is 15.4 Å². The SMILES string of the molecule is Nc1ncc(-c2cc([C@H]3C[C@H](N4CCOCC4)C3)nc(N3CCC(F)(F)C3)n2)cc1OC(F)F. The third kappa shape index (κ3) is 4.88. The molecule has 5 rings (SSSR count). The minimum Gasteiger partial charge on any atom is -0.431 e. The van der Waals surface area contributed by atoms with Gasteiger partial charge in [-0.15, -0.1) is 0 Å². The highest BCUT2D eigenvalue weighted by Crippen LogP contribution is 2.41. The lowest BCUT2D eigenvalue weighted by molar-refractivity contribution is -0.0494. The van der Waals surface area contributed by atoms with Crippen molar-refractivity contribution in [1.82, 2.24) is 19.9 Å². The van der Waals surface area contributed by atoms with Crippen molar-refractivity contribution in [2.75, 3.05) is 50.0 Å². The summed E-state index contributed by atoms with van der Waals surface area (Å²) in [6, 6.07) is 3.54. The van der Waals surface area contributed by atoms with Crippen LogP contribution in [-0.2, 0) is 4.74 Å². The van der Waals surface area contributed by atoms with Crippen molar-refractivity contribution >= 4 is 11.8 Å². The molecule has 8 nitrogen and oxygen atoms in total. The summed E-state index contributed by atoms with van der Waals surface area (Å²) in [5.74, 6) is -2.90. The molecule has 2 aromatic heterocycles. The largest absolute Gasteiger partial charge is 0.431 e. The van der Waals surface area contributed by atoms with E-state index in [2.05, 4.69) is 24.6 Å². The van der Waals surface area contributed by atoms with Gasteiger partial charge in [0, 0.05) is 55.5 Å². The van der Waals surface area contributed by atoms with Gasteiger partial charge in [-0.2, -0.15) is 8.78 Å². The monoisotopic (exact) mass is 482 g/mol. The van der Waals surface area contributed by atoms with E-state index in [9.17, 15) is 17.6 Å². The summed E-state index contributed by atoms with van der Waals surface area (Å²) in [7, 11) is 0. The van der Waals surface area contributed by atoms with E-state index < -0.39 is 19.1 Å². The average molecular weight is 482 g/mol. The predicted molar refractivity (Wildman–Crippen MR) is 116 cm³/mol. The number of nitrogen functional groups attached to an aromatic ring is 1. The van der Waals surface area contributed by atoms with Crippen LogP contribution in [0.4, 0.5) is 29.3 Å². The smallest absolute Gasteiger partial charge is 0.387 e. The van der Waals surface area contributed by atoms with Crippen LogP contribution in [0.25, 0.3) is 11.3 Å². The van der Waals surface area contributed by atoms with Crippen LogP contribution in [0, 0.1) is 0 Å². The van der Waals surface area contributed by atoms with E-state index in [-0.39, 0.29) is 36.4 Å². The Hall–Kier alpha value is -2.73. The van der Waals surface area contributed by atoms with Gasteiger partial charge >= 0.3 is 6.61 Å². The van der Waals surface area contributed by atoms with Crippen molar-refractivity contribution in [2.45, 2.75) is 43.8 Å². The maximum absolute atomic E-state index is 13.9. The lowest BCUT2D eigenvalue weighted by Crippen LogP contribution is -2.49. The second-order valence-corrected chi connectivity index (χ2v) is 8.96. The van der Waals surface area contributed by atoms with Crippen molar-refractivity contribution in [3.8, 4) is 17.0 Å². The summed E-state index contributed by atoms with van der Waals surface area (Å²) in [6.45, 7) is -0.157. The Kier molecular flexibility index (Phi) is 6.19. The molecule has 2 aliphatic heterocycles. The lowest BCUT2D eigenvalue weighted by atomic mass is 9.77. The number of nitrogens with zero attached hydrogens (tertiary/aromatic N) is 5. The van der Waals surface area contributed by atoms with E-state index in [0.29, 0.717) is 17.3 Å². The molecule has 0 aromatic carbocycles. The fraction of sp³-hybridized carbons (Fsp3) is 0.591. The molecular formula is C22H26F4N6O2. The first-order valence-corrected chi connectivity index (χ1v) is 11.3. The zero-order chi connectivity index (χ0) is 23.9. The van der Waals surface area contributed by atoms with Crippen molar-refractivity contribution in [2.24, 2.45) is 0 Å². The van der Waals surface area contributed by atoms with Crippen LogP contribution in [0.3, 0.4) is 0 Å². The fourth-order valence-electron chi connectivity index (χ4n) is 4.71. The first-order valence-electron chi connectivity index (χ1n) is 11.3. The van der Waals surface area contributed by atoms with E-state index in [4.69, 9.17) is 10.5 Å². The van der Waals surface area contributed by atoms with Gasteiger partial charge in [0.2, 0.25) is 5.95 Å². The molecule has 0 unspecified atom stereocenters. The molecule has 3 aliphatic rings. The molecule has 0 bridgehead atoms. The Labute approximate surface area is 194 Å². The van der Waals surface area contributed by atoms with E-state index in [1.165, 1.54) is 17.2 Å². The van der Waals surface area contributed by atoms with Gasteiger partial charge in [-0.25, -0.2) is 23.7 Å². The maximum atomic E-state index is 13.9. The summed E-state index contributed by atoms with van der Waals surface area (Å²) in [4.78, 5) is 16.9. The summed E-state index contributed by atoms with van der Waals surface area (Å²) in [6.07, 6.45) is 2.92. The predicted octanol–water partition coefficient (Wildman–Crippen LogP) is 3.15. The number of anilines is 2. The van der Waals surface area contributed by atoms with E-state index in [1.807, 2.05) is 0 Å². The normalized spacial score (nSPS) is 24.9. The molecule has 4 heterocycles. The van der Waals surface area contributed by atoms with E-state index in [0.717, 1.165) is 44.8 Å².